The Labute approximate surface area is 218 Å². The van der Waals surface area contributed by atoms with Gasteiger partial charge in [0.15, 0.2) is 5.82 Å². The molecule has 0 spiro atoms. The first kappa shape index (κ1) is 26.9. The van der Waals surface area contributed by atoms with Crippen LogP contribution in [0, 0.1) is 17.3 Å². The van der Waals surface area contributed by atoms with Gasteiger partial charge in [-0.3, -0.25) is 9.59 Å². The number of para-hydroxylation sites is 2. The maximum Gasteiger partial charge on any atom is 0.410 e. The molecule has 1 aliphatic carbocycles. The molecule has 2 aromatic rings. The van der Waals surface area contributed by atoms with Crippen molar-refractivity contribution < 1.29 is 24.2 Å². The van der Waals surface area contributed by atoms with Crippen molar-refractivity contribution in [3.05, 3.63) is 30.1 Å². The van der Waals surface area contributed by atoms with E-state index in [1.807, 2.05) is 42.7 Å². The fourth-order valence-electron chi connectivity index (χ4n) is 5.12. The molecule has 0 bridgehead atoms. The minimum absolute atomic E-state index is 0.0254. The van der Waals surface area contributed by atoms with Gasteiger partial charge < -0.3 is 24.2 Å². The Morgan fingerprint density at radius 1 is 1.22 bits per heavy atom. The third kappa shape index (κ3) is 6.08. The van der Waals surface area contributed by atoms with E-state index in [1.165, 1.54) is 4.90 Å². The Kier molecular flexibility index (Phi) is 7.27. The second kappa shape index (κ2) is 9.99. The first-order chi connectivity index (χ1) is 17.3. The summed E-state index contributed by atoms with van der Waals surface area (Å²) in [4.78, 5) is 47.6. The second-order valence-electron chi connectivity index (χ2n) is 12.4. The first-order valence-electron chi connectivity index (χ1n) is 13.2. The average molecular weight is 513 g/mol. The van der Waals surface area contributed by atoms with Gasteiger partial charge >= 0.3 is 12.1 Å². The highest BCUT2D eigenvalue weighted by Gasteiger charge is 2.47. The molecule has 9 heteroatoms. The molecule has 9 nitrogen and oxygen atoms in total. The molecule has 202 valence electrons. The van der Waals surface area contributed by atoms with Gasteiger partial charge in [0, 0.05) is 26.2 Å². The Morgan fingerprint density at radius 2 is 1.89 bits per heavy atom. The SMILES string of the molecule is CC(C)CN(C(=O)c1nc2ccccc2n1CC1CC1)[C@@H]1CN(C(=O)OC(C)(C)C)C[C@](C)(C(=O)O)C1. The van der Waals surface area contributed by atoms with Gasteiger partial charge in [0.2, 0.25) is 0 Å². The van der Waals surface area contributed by atoms with Crippen molar-refractivity contribution in [2.24, 2.45) is 17.3 Å². The summed E-state index contributed by atoms with van der Waals surface area (Å²) in [5, 5.41) is 10.1. The number of ether oxygens (including phenoxy) is 1. The molecule has 2 heterocycles. The molecule has 0 unspecified atom stereocenters. The highest BCUT2D eigenvalue weighted by Crippen LogP contribution is 2.35. The summed E-state index contributed by atoms with van der Waals surface area (Å²) in [6, 6.07) is 7.27. The van der Waals surface area contributed by atoms with Gasteiger partial charge in [-0.1, -0.05) is 26.0 Å². The number of hydrogen-bond donors (Lipinski definition) is 1. The Balaban J connectivity index is 1.72. The zero-order valence-corrected chi connectivity index (χ0v) is 22.9. The molecule has 1 aliphatic heterocycles. The summed E-state index contributed by atoms with van der Waals surface area (Å²) < 4.78 is 7.61. The summed E-state index contributed by atoms with van der Waals surface area (Å²) in [5.74, 6) is -0.174. The molecule has 2 atom stereocenters. The van der Waals surface area contributed by atoms with Gasteiger partial charge in [-0.05, 0) is 70.9 Å². The van der Waals surface area contributed by atoms with Crippen LogP contribution in [0.3, 0.4) is 0 Å². The highest BCUT2D eigenvalue weighted by molar-refractivity contribution is 5.95. The molecule has 2 fully saturated rings. The number of imidazole rings is 1. The third-order valence-electron chi connectivity index (χ3n) is 7.07. The molecule has 2 amide bonds. The van der Waals surface area contributed by atoms with Crippen LogP contribution < -0.4 is 0 Å². The number of aliphatic carboxylic acids is 1. The number of carbonyl (C=O) groups is 3. The smallest absolute Gasteiger partial charge is 0.410 e. The van der Waals surface area contributed by atoms with E-state index in [0.29, 0.717) is 18.3 Å². The number of carboxylic acids is 1. The molecule has 37 heavy (non-hydrogen) atoms. The molecular weight excluding hydrogens is 472 g/mol. The quantitative estimate of drug-likeness (QED) is 0.579. The van der Waals surface area contributed by atoms with Gasteiger partial charge in [-0.15, -0.1) is 0 Å². The Morgan fingerprint density at radius 3 is 2.49 bits per heavy atom. The number of rotatable bonds is 7. The van der Waals surface area contributed by atoms with E-state index in [4.69, 9.17) is 9.72 Å². The van der Waals surface area contributed by atoms with Crippen LogP contribution in [0.5, 0.6) is 0 Å². The fourth-order valence-corrected chi connectivity index (χ4v) is 5.12. The van der Waals surface area contributed by atoms with Crippen molar-refractivity contribution in [3.63, 3.8) is 0 Å². The lowest BCUT2D eigenvalue weighted by Gasteiger charge is -2.46. The molecule has 1 saturated heterocycles. The molecule has 1 N–H and O–H groups in total. The van der Waals surface area contributed by atoms with E-state index >= 15 is 0 Å². The lowest BCUT2D eigenvalue weighted by atomic mass is 9.79. The number of carboxylic acid groups (broad SMARTS) is 1. The largest absolute Gasteiger partial charge is 0.481 e. The molecule has 1 aromatic carbocycles. The number of likely N-dealkylation sites (tertiary alicyclic amines) is 1. The van der Waals surface area contributed by atoms with E-state index in [9.17, 15) is 19.5 Å². The molecule has 2 aliphatic rings. The number of carbonyl (C=O) groups excluding carboxylic acids is 2. The van der Waals surface area contributed by atoms with Gasteiger partial charge in [0.1, 0.15) is 5.60 Å². The summed E-state index contributed by atoms with van der Waals surface area (Å²) in [5.41, 5.74) is -0.240. The van der Waals surface area contributed by atoms with Gasteiger partial charge in [0.25, 0.3) is 5.91 Å². The fraction of sp³-hybridized carbons (Fsp3) is 0.643. The number of benzene rings is 1. The summed E-state index contributed by atoms with van der Waals surface area (Å²) >= 11 is 0. The number of fused-ring (bicyclic) bond motifs is 1. The van der Waals surface area contributed by atoms with Crippen LogP contribution >= 0.6 is 0 Å². The van der Waals surface area contributed by atoms with Crippen molar-refractivity contribution in [3.8, 4) is 0 Å². The van der Waals surface area contributed by atoms with Crippen molar-refractivity contribution >= 4 is 29.0 Å². The van der Waals surface area contributed by atoms with Crippen LogP contribution in [0.25, 0.3) is 11.0 Å². The van der Waals surface area contributed by atoms with Gasteiger partial charge in [-0.25, -0.2) is 9.78 Å². The van der Waals surface area contributed by atoms with Crippen molar-refractivity contribution in [2.45, 2.75) is 79.0 Å². The standard InChI is InChI=1S/C28H40N4O5/c1-18(2)14-31(20-13-28(6,25(34)35)17-30(16-20)26(36)37-27(3,4)5)24(33)23-29-21-9-7-8-10-22(21)32(23)15-19-11-12-19/h7-10,18-20H,11-17H2,1-6H3,(H,34,35)/t20-,28+/m0/s1. The monoisotopic (exact) mass is 512 g/mol. The number of piperidine rings is 1. The van der Waals surface area contributed by atoms with Crippen LogP contribution in [0.4, 0.5) is 4.79 Å². The maximum atomic E-state index is 14.2. The van der Waals surface area contributed by atoms with Crippen LogP contribution in [0.15, 0.2) is 24.3 Å². The van der Waals surface area contributed by atoms with E-state index in [0.717, 1.165) is 30.4 Å². The van der Waals surface area contributed by atoms with Gasteiger partial charge in [-0.2, -0.15) is 0 Å². The molecule has 1 aromatic heterocycles. The van der Waals surface area contributed by atoms with Crippen LogP contribution in [0.2, 0.25) is 0 Å². The van der Waals surface area contributed by atoms with Crippen LogP contribution in [-0.4, -0.2) is 73.7 Å². The Hall–Kier alpha value is -3.10. The number of amides is 2. The van der Waals surface area contributed by atoms with Gasteiger partial charge in [0.05, 0.1) is 22.5 Å². The first-order valence-corrected chi connectivity index (χ1v) is 13.2. The van der Waals surface area contributed by atoms with E-state index in [-0.39, 0.29) is 31.3 Å². The molecular formula is C28H40N4O5. The minimum Gasteiger partial charge on any atom is -0.481 e. The molecule has 1 saturated carbocycles. The number of aromatic nitrogens is 2. The van der Waals surface area contributed by atoms with Crippen molar-refractivity contribution in [1.82, 2.24) is 19.4 Å². The minimum atomic E-state index is -1.22. The summed E-state index contributed by atoms with van der Waals surface area (Å²) in [6.45, 7) is 12.4. The van der Waals surface area contributed by atoms with Crippen molar-refractivity contribution in [1.29, 1.82) is 0 Å². The van der Waals surface area contributed by atoms with E-state index < -0.39 is 29.1 Å². The molecule has 0 radical (unpaired) electrons. The van der Waals surface area contributed by atoms with E-state index in [1.54, 1.807) is 32.6 Å². The lowest BCUT2D eigenvalue weighted by molar-refractivity contribution is -0.152. The van der Waals surface area contributed by atoms with E-state index in [2.05, 4.69) is 0 Å². The normalized spacial score (nSPS) is 22.4. The highest BCUT2D eigenvalue weighted by atomic mass is 16.6. The number of hydrogen-bond acceptors (Lipinski definition) is 5. The summed E-state index contributed by atoms with van der Waals surface area (Å²) in [6.07, 6.45) is 1.95. The van der Waals surface area contributed by atoms with Crippen molar-refractivity contribution in [2.75, 3.05) is 19.6 Å². The zero-order chi connectivity index (χ0) is 27.1. The second-order valence-corrected chi connectivity index (χ2v) is 12.4. The predicted octanol–water partition coefficient (Wildman–Crippen LogP) is 4.64. The van der Waals surface area contributed by atoms with Crippen LogP contribution in [0.1, 0.15) is 71.4 Å². The Bertz CT molecular complexity index is 1180. The molecule has 4 rings (SSSR count). The third-order valence-corrected chi connectivity index (χ3v) is 7.07. The maximum absolute atomic E-state index is 14.2. The zero-order valence-electron chi connectivity index (χ0n) is 22.9. The number of nitrogens with zero attached hydrogens (tertiary/aromatic N) is 4. The average Bonchev–Trinajstić information content (AvgIpc) is 3.55. The summed E-state index contributed by atoms with van der Waals surface area (Å²) in [7, 11) is 0. The topological polar surface area (TPSA) is 105 Å². The predicted molar refractivity (Wildman–Crippen MR) is 140 cm³/mol. The van der Waals surface area contributed by atoms with Crippen LogP contribution in [-0.2, 0) is 16.1 Å². The lowest BCUT2D eigenvalue weighted by Crippen LogP contribution is -2.60.